The molecule has 0 saturated carbocycles. The van der Waals surface area contributed by atoms with E-state index in [9.17, 15) is 15.0 Å². The van der Waals surface area contributed by atoms with Gasteiger partial charge < -0.3 is 14.9 Å². The van der Waals surface area contributed by atoms with Crippen molar-refractivity contribution in [3.05, 3.63) is 23.8 Å². The highest BCUT2D eigenvalue weighted by Gasteiger charge is 2.30. The maximum Gasteiger partial charge on any atom is 0.309 e. The molecule has 0 spiro atoms. The van der Waals surface area contributed by atoms with Gasteiger partial charge in [0, 0.05) is 0 Å². The maximum absolute atomic E-state index is 11.3. The highest BCUT2D eigenvalue weighted by atomic mass is 16.5. The topological polar surface area (TPSA) is 66.8 Å². The largest absolute Gasteiger partial charge is 0.504 e. The molecule has 0 unspecified atom stereocenters. The van der Waals surface area contributed by atoms with Crippen molar-refractivity contribution in [1.29, 1.82) is 0 Å². The summed E-state index contributed by atoms with van der Waals surface area (Å²) in [5.74, 6) is -0.0443. The molecule has 1 aromatic carbocycles. The third-order valence-corrected chi connectivity index (χ3v) is 4.12. The van der Waals surface area contributed by atoms with Gasteiger partial charge >= 0.3 is 5.97 Å². The lowest BCUT2D eigenvalue weighted by atomic mass is 10.0. The maximum atomic E-state index is 11.3. The second kappa shape index (κ2) is 7.34. The fraction of sp³-hybridized carbons (Fsp3) is 0.588. The zero-order chi connectivity index (χ0) is 15.2. The number of para-hydroxylation sites is 1. The molecule has 2 atom stereocenters. The van der Waals surface area contributed by atoms with Crippen molar-refractivity contribution in [3.8, 4) is 11.5 Å². The highest BCUT2D eigenvalue weighted by Crippen LogP contribution is 2.29. The number of esters is 1. The third kappa shape index (κ3) is 4.38. The monoisotopic (exact) mass is 292 g/mol. The molecule has 1 aromatic rings. The summed E-state index contributed by atoms with van der Waals surface area (Å²) in [4.78, 5) is 11.3. The molecule has 1 aliphatic heterocycles. The Morgan fingerprint density at radius 1 is 1.19 bits per heavy atom. The van der Waals surface area contributed by atoms with Gasteiger partial charge in [-0.3, -0.25) is 4.79 Å². The van der Waals surface area contributed by atoms with Gasteiger partial charge in [0.15, 0.2) is 11.5 Å². The molecular weight excluding hydrogens is 268 g/mol. The van der Waals surface area contributed by atoms with E-state index < -0.39 is 0 Å². The van der Waals surface area contributed by atoms with Gasteiger partial charge in [0.05, 0.1) is 5.92 Å². The Hall–Kier alpha value is -1.71. The van der Waals surface area contributed by atoms with Crippen LogP contribution in [0.15, 0.2) is 18.2 Å². The summed E-state index contributed by atoms with van der Waals surface area (Å²) in [5, 5.41) is 19.1. The number of hydrogen-bond acceptors (Lipinski definition) is 4. The van der Waals surface area contributed by atoms with E-state index in [1.54, 1.807) is 6.07 Å². The first-order valence-corrected chi connectivity index (χ1v) is 7.78. The Morgan fingerprint density at radius 3 is 2.67 bits per heavy atom. The highest BCUT2D eigenvalue weighted by molar-refractivity contribution is 5.74. The molecular formula is C17H24O4. The Kier molecular flexibility index (Phi) is 5.48. The van der Waals surface area contributed by atoms with Crippen LogP contribution in [0.5, 0.6) is 11.5 Å². The van der Waals surface area contributed by atoms with Crippen molar-refractivity contribution >= 4 is 5.97 Å². The van der Waals surface area contributed by atoms with Crippen molar-refractivity contribution in [3.63, 3.8) is 0 Å². The lowest BCUT2D eigenvalue weighted by Gasteiger charge is -2.09. The normalized spacial score (nSPS) is 21.5. The minimum absolute atomic E-state index is 0.00403. The van der Waals surface area contributed by atoms with E-state index in [0.29, 0.717) is 0 Å². The lowest BCUT2D eigenvalue weighted by Crippen LogP contribution is -2.06. The van der Waals surface area contributed by atoms with E-state index in [0.717, 1.165) is 50.5 Å². The lowest BCUT2D eigenvalue weighted by molar-refractivity contribution is -0.144. The Bertz CT molecular complexity index is 484. The average Bonchev–Trinajstić information content (AvgIpc) is 2.77. The fourth-order valence-corrected chi connectivity index (χ4v) is 2.82. The average molecular weight is 292 g/mol. The Balaban J connectivity index is 1.58. The molecule has 0 radical (unpaired) electrons. The van der Waals surface area contributed by atoms with E-state index >= 15 is 0 Å². The number of carbonyl (C=O) groups excluding carboxylic acids is 1. The summed E-state index contributed by atoms with van der Waals surface area (Å²) < 4.78 is 5.28. The molecule has 0 aromatic heterocycles. The molecule has 4 nitrogen and oxygen atoms in total. The molecule has 1 saturated heterocycles. The molecule has 0 aliphatic carbocycles. The molecule has 1 aliphatic rings. The zero-order valence-corrected chi connectivity index (χ0v) is 12.5. The first-order valence-electron chi connectivity index (χ1n) is 7.78. The summed E-state index contributed by atoms with van der Waals surface area (Å²) in [6.07, 6.45) is 6.92. The van der Waals surface area contributed by atoms with Crippen LogP contribution < -0.4 is 0 Å². The van der Waals surface area contributed by atoms with Crippen LogP contribution in [0.25, 0.3) is 0 Å². The number of phenolic OH excluding ortho intramolecular Hbond substituents is 2. The molecule has 21 heavy (non-hydrogen) atoms. The van der Waals surface area contributed by atoms with Gasteiger partial charge in [0.1, 0.15) is 6.10 Å². The van der Waals surface area contributed by atoms with Gasteiger partial charge in [-0.2, -0.15) is 0 Å². The van der Waals surface area contributed by atoms with Crippen molar-refractivity contribution in [2.75, 3.05) is 0 Å². The Labute approximate surface area is 125 Å². The van der Waals surface area contributed by atoms with Crippen molar-refractivity contribution in [1.82, 2.24) is 0 Å². The predicted molar refractivity (Wildman–Crippen MR) is 80.2 cm³/mol. The molecule has 0 amide bonds. The number of phenols is 2. The SMILES string of the molecule is C[C@@H]1C[C@H](CCCCCCc2cccc(O)c2O)OC1=O. The summed E-state index contributed by atoms with van der Waals surface area (Å²) in [7, 11) is 0. The van der Waals surface area contributed by atoms with Crippen LogP contribution in [-0.4, -0.2) is 22.3 Å². The number of aryl methyl sites for hydroxylation is 1. The zero-order valence-electron chi connectivity index (χ0n) is 12.5. The summed E-state index contributed by atoms with van der Waals surface area (Å²) >= 11 is 0. The van der Waals surface area contributed by atoms with Crippen LogP contribution in [-0.2, 0) is 16.0 Å². The van der Waals surface area contributed by atoms with Crippen LogP contribution in [0.4, 0.5) is 0 Å². The second-order valence-electron chi connectivity index (χ2n) is 5.93. The van der Waals surface area contributed by atoms with Crippen molar-refractivity contribution in [2.24, 2.45) is 5.92 Å². The van der Waals surface area contributed by atoms with E-state index in [2.05, 4.69) is 0 Å². The van der Waals surface area contributed by atoms with Crippen LogP contribution >= 0.6 is 0 Å². The molecule has 1 fully saturated rings. The van der Waals surface area contributed by atoms with Crippen LogP contribution in [0.3, 0.4) is 0 Å². The molecule has 4 heteroatoms. The smallest absolute Gasteiger partial charge is 0.309 e. The van der Waals surface area contributed by atoms with Crippen LogP contribution in [0, 0.1) is 5.92 Å². The number of ether oxygens (including phenoxy) is 1. The quantitative estimate of drug-likeness (QED) is 0.458. The first-order chi connectivity index (χ1) is 10.1. The van der Waals surface area contributed by atoms with Crippen molar-refractivity contribution in [2.45, 2.75) is 58.0 Å². The molecule has 116 valence electrons. The minimum Gasteiger partial charge on any atom is -0.504 e. The van der Waals surface area contributed by atoms with E-state index in [4.69, 9.17) is 4.74 Å². The number of benzene rings is 1. The van der Waals surface area contributed by atoms with Crippen molar-refractivity contribution < 1.29 is 19.7 Å². The predicted octanol–water partition coefficient (Wildman–Crippen LogP) is 3.54. The van der Waals surface area contributed by atoms with Crippen LogP contribution in [0.1, 0.15) is 51.0 Å². The summed E-state index contributed by atoms with van der Waals surface area (Å²) in [6, 6.07) is 5.08. The Morgan fingerprint density at radius 2 is 1.95 bits per heavy atom. The third-order valence-electron chi connectivity index (χ3n) is 4.12. The first kappa shape index (κ1) is 15.7. The van der Waals surface area contributed by atoms with Crippen LogP contribution in [0.2, 0.25) is 0 Å². The molecule has 1 heterocycles. The van der Waals surface area contributed by atoms with E-state index in [1.165, 1.54) is 6.07 Å². The fourth-order valence-electron chi connectivity index (χ4n) is 2.82. The number of cyclic esters (lactones) is 1. The van der Waals surface area contributed by atoms with Gasteiger partial charge in [-0.25, -0.2) is 0 Å². The number of rotatable bonds is 7. The van der Waals surface area contributed by atoms with Gasteiger partial charge in [-0.15, -0.1) is 0 Å². The van der Waals surface area contributed by atoms with Gasteiger partial charge in [-0.1, -0.05) is 31.9 Å². The number of carbonyl (C=O) groups is 1. The second-order valence-corrected chi connectivity index (χ2v) is 5.93. The summed E-state index contributed by atoms with van der Waals surface area (Å²) in [6.45, 7) is 1.92. The number of unbranched alkanes of at least 4 members (excludes halogenated alkanes) is 3. The van der Waals surface area contributed by atoms with Gasteiger partial charge in [0.2, 0.25) is 0 Å². The number of aromatic hydroxyl groups is 2. The van der Waals surface area contributed by atoms with Gasteiger partial charge in [0.25, 0.3) is 0 Å². The molecule has 0 bridgehead atoms. The number of hydrogen-bond donors (Lipinski definition) is 2. The molecule has 2 rings (SSSR count). The molecule has 2 N–H and O–H groups in total. The van der Waals surface area contributed by atoms with E-state index in [1.807, 2.05) is 13.0 Å². The van der Waals surface area contributed by atoms with E-state index in [-0.39, 0.29) is 29.5 Å². The summed E-state index contributed by atoms with van der Waals surface area (Å²) in [5.41, 5.74) is 0.800. The van der Waals surface area contributed by atoms with Gasteiger partial charge in [-0.05, 0) is 43.7 Å². The minimum atomic E-state index is -0.0561. The standard InChI is InChI=1S/C17H24O4/c1-12-11-14(21-17(12)20)9-5-3-2-4-7-13-8-6-10-15(18)16(13)19/h6,8,10,12,14,18-19H,2-5,7,9,11H2,1H3/t12-,14+/m1/s1.